The highest BCUT2D eigenvalue weighted by Crippen LogP contribution is 2.25. The minimum atomic E-state index is 0.956. The van der Waals surface area contributed by atoms with Gasteiger partial charge in [0.15, 0.2) is 5.16 Å². The molecule has 3 aromatic rings. The zero-order valence-electron chi connectivity index (χ0n) is 10.2. The van der Waals surface area contributed by atoms with Crippen molar-refractivity contribution in [2.45, 2.75) is 10.9 Å². The Hall–Kier alpha value is -1.74. The van der Waals surface area contributed by atoms with Crippen LogP contribution in [0.1, 0.15) is 5.56 Å². The lowest BCUT2D eigenvalue weighted by atomic mass is 10.2. The maximum atomic E-state index is 4.65. The van der Waals surface area contributed by atoms with Crippen molar-refractivity contribution in [2.24, 2.45) is 7.05 Å². The van der Waals surface area contributed by atoms with E-state index < -0.39 is 0 Å². The van der Waals surface area contributed by atoms with E-state index in [1.54, 1.807) is 11.8 Å². The number of nitrogens with zero attached hydrogens (tertiary/aromatic N) is 2. The average Bonchev–Trinajstić information content (AvgIpc) is 2.75. The number of hydrogen-bond acceptors (Lipinski definition) is 2. The summed E-state index contributed by atoms with van der Waals surface area (Å²) in [5, 5.41) is 1.07. The Kier molecular flexibility index (Phi) is 3.07. The van der Waals surface area contributed by atoms with Gasteiger partial charge in [0.05, 0.1) is 11.0 Å². The fourth-order valence-electron chi connectivity index (χ4n) is 1.97. The number of rotatable bonds is 3. The third-order valence-corrected chi connectivity index (χ3v) is 4.06. The first-order valence-corrected chi connectivity index (χ1v) is 6.91. The molecule has 0 fully saturated rings. The fourth-order valence-corrected chi connectivity index (χ4v) is 2.92. The summed E-state index contributed by atoms with van der Waals surface area (Å²) in [7, 11) is 2.07. The normalized spacial score (nSPS) is 10.9. The lowest BCUT2D eigenvalue weighted by Gasteiger charge is -2.02. The van der Waals surface area contributed by atoms with Crippen molar-refractivity contribution in [3.8, 4) is 0 Å². The van der Waals surface area contributed by atoms with Gasteiger partial charge in [-0.05, 0) is 17.7 Å². The third kappa shape index (κ3) is 2.14. The molecule has 0 spiro atoms. The molecule has 0 saturated carbocycles. The van der Waals surface area contributed by atoms with Crippen LogP contribution in [0.25, 0.3) is 11.0 Å². The van der Waals surface area contributed by atoms with Gasteiger partial charge in [-0.2, -0.15) is 0 Å². The van der Waals surface area contributed by atoms with Gasteiger partial charge < -0.3 is 4.57 Å². The number of thioether (sulfide) groups is 1. The van der Waals surface area contributed by atoms with Gasteiger partial charge in [0.25, 0.3) is 0 Å². The zero-order valence-corrected chi connectivity index (χ0v) is 11.0. The summed E-state index contributed by atoms with van der Waals surface area (Å²) in [6.07, 6.45) is 0. The Labute approximate surface area is 111 Å². The summed E-state index contributed by atoms with van der Waals surface area (Å²) in [6.45, 7) is 0. The van der Waals surface area contributed by atoms with Crippen molar-refractivity contribution in [1.29, 1.82) is 0 Å². The van der Waals surface area contributed by atoms with E-state index in [-0.39, 0.29) is 0 Å². The van der Waals surface area contributed by atoms with Gasteiger partial charge in [-0.3, -0.25) is 0 Å². The zero-order chi connectivity index (χ0) is 12.4. The van der Waals surface area contributed by atoms with Gasteiger partial charge in [-0.25, -0.2) is 4.98 Å². The molecule has 0 unspecified atom stereocenters. The van der Waals surface area contributed by atoms with E-state index in [4.69, 9.17) is 0 Å². The Balaban J connectivity index is 1.85. The van der Waals surface area contributed by atoms with E-state index in [0.29, 0.717) is 0 Å². The van der Waals surface area contributed by atoms with E-state index in [0.717, 1.165) is 16.4 Å². The molecule has 0 aliphatic carbocycles. The molecule has 90 valence electrons. The molecule has 0 radical (unpaired) electrons. The van der Waals surface area contributed by atoms with Gasteiger partial charge in [-0.1, -0.05) is 54.2 Å². The standard InChI is InChI=1S/C15H14N2S/c1-17-14-10-6-5-9-13(14)16-15(17)18-11-12-7-3-2-4-8-12/h2-10H,11H2,1H3. The second kappa shape index (κ2) is 4.86. The van der Waals surface area contributed by atoms with Gasteiger partial charge in [0.1, 0.15) is 0 Å². The highest BCUT2D eigenvalue weighted by molar-refractivity contribution is 7.98. The molecule has 0 amide bonds. The lowest BCUT2D eigenvalue weighted by Crippen LogP contribution is -1.90. The molecule has 0 saturated heterocycles. The first-order valence-electron chi connectivity index (χ1n) is 5.93. The molecule has 1 heterocycles. The van der Waals surface area contributed by atoms with E-state index in [2.05, 4.69) is 59.1 Å². The van der Waals surface area contributed by atoms with Crippen molar-refractivity contribution in [3.63, 3.8) is 0 Å². The quantitative estimate of drug-likeness (QED) is 0.660. The van der Waals surface area contributed by atoms with Crippen LogP contribution in [0.15, 0.2) is 59.8 Å². The number of hydrogen-bond donors (Lipinski definition) is 0. The summed E-state index contributed by atoms with van der Waals surface area (Å²) in [5.41, 5.74) is 3.58. The maximum Gasteiger partial charge on any atom is 0.169 e. The van der Waals surface area contributed by atoms with Gasteiger partial charge in [-0.15, -0.1) is 0 Å². The summed E-state index contributed by atoms with van der Waals surface area (Å²) in [4.78, 5) is 4.65. The number of para-hydroxylation sites is 2. The minimum absolute atomic E-state index is 0.956. The summed E-state index contributed by atoms with van der Waals surface area (Å²) < 4.78 is 2.16. The molecule has 0 atom stereocenters. The SMILES string of the molecule is Cn1c(SCc2ccccc2)nc2ccccc21. The van der Waals surface area contributed by atoms with Crippen molar-refractivity contribution in [2.75, 3.05) is 0 Å². The Morgan fingerprint density at radius 3 is 2.50 bits per heavy atom. The molecule has 0 aliphatic rings. The Bertz CT molecular complexity index is 659. The van der Waals surface area contributed by atoms with Crippen LogP contribution in [-0.4, -0.2) is 9.55 Å². The summed E-state index contributed by atoms with van der Waals surface area (Å²) in [5.74, 6) is 0.956. The predicted molar refractivity (Wildman–Crippen MR) is 76.7 cm³/mol. The van der Waals surface area contributed by atoms with Crippen LogP contribution < -0.4 is 0 Å². The van der Waals surface area contributed by atoms with Crippen LogP contribution in [0.3, 0.4) is 0 Å². The van der Waals surface area contributed by atoms with Crippen LogP contribution in [-0.2, 0) is 12.8 Å². The van der Waals surface area contributed by atoms with Crippen molar-refractivity contribution < 1.29 is 0 Å². The van der Waals surface area contributed by atoms with Crippen LogP contribution in [0.5, 0.6) is 0 Å². The van der Waals surface area contributed by atoms with Gasteiger partial charge >= 0.3 is 0 Å². The largest absolute Gasteiger partial charge is 0.322 e. The van der Waals surface area contributed by atoms with Gasteiger partial charge in [0, 0.05) is 12.8 Å². The predicted octanol–water partition coefficient (Wildman–Crippen LogP) is 3.87. The molecule has 0 bridgehead atoms. The van der Waals surface area contributed by atoms with Crippen LogP contribution in [0.4, 0.5) is 0 Å². The summed E-state index contributed by atoms with van der Waals surface area (Å²) in [6, 6.07) is 18.7. The highest BCUT2D eigenvalue weighted by atomic mass is 32.2. The van der Waals surface area contributed by atoms with Crippen LogP contribution in [0, 0.1) is 0 Å². The number of imidazole rings is 1. The van der Waals surface area contributed by atoms with E-state index in [1.807, 2.05) is 12.1 Å². The molecule has 3 rings (SSSR count). The van der Waals surface area contributed by atoms with Crippen molar-refractivity contribution in [3.05, 3.63) is 60.2 Å². The Morgan fingerprint density at radius 2 is 1.72 bits per heavy atom. The second-order valence-corrected chi connectivity index (χ2v) is 5.16. The first-order chi connectivity index (χ1) is 8.84. The maximum absolute atomic E-state index is 4.65. The van der Waals surface area contributed by atoms with Crippen LogP contribution >= 0.6 is 11.8 Å². The summed E-state index contributed by atoms with van der Waals surface area (Å²) >= 11 is 1.78. The molecule has 0 aliphatic heterocycles. The van der Waals surface area contributed by atoms with Crippen LogP contribution in [0.2, 0.25) is 0 Å². The monoisotopic (exact) mass is 254 g/mol. The Morgan fingerprint density at radius 1 is 1.00 bits per heavy atom. The van der Waals surface area contributed by atoms with Crippen molar-refractivity contribution >= 4 is 22.8 Å². The molecular formula is C15H14N2S. The molecule has 2 aromatic carbocycles. The highest BCUT2D eigenvalue weighted by Gasteiger charge is 2.07. The smallest absolute Gasteiger partial charge is 0.169 e. The van der Waals surface area contributed by atoms with Gasteiger partial charge in [0.2, 0.25) is 0 Å². The number of benzene rings is 2. The average molecular weight is 254 g/mol. The molecule has 18 heavy (non-hydrogen) atoms. The number of aryl methyl sites for hydroxylation is 1. The van der Waals surface area contributed by atoms with E-state index in [9.17, 15) is 0 Å². The molecule has 0 N–H and O–H groups in total. The minimum Gasteiger partial charge on any atom is -0.322 e. The molecule has 2 nitrogen and oxygen atoms in total. The third-order valence-electron chi connectivity index (χ3n) is 2.96. The van der Waals surface area contributed by atoms with Crippen molar-refractivity contribution in [1.82, 2.24) is 9.55 Å². The van der Waals surface area contributed by atoms with E-state index >= 15 is 0 Å². The first kappa shape index (κ1) is 11.4. The number of aromatic nitrogens is 2. The second-order valence-electron chi connectivity index (χ2n) is 4.22. The lowest BCUT2D eigenvalue weighted by molar-refractivity contribution is 0.815. The molecular weight excluding hydrogens is 240 g/mol. The van der Waals surface area contributed by atoms with E-state index in [1.165, 1.54) is 11.1 Å². The molecule has 3 heteroatoms. The topological polar surface area (TPSA) is 17.8 Å². The number of fused-ring (bicyclic) bond motifs is 1. The fraction of sp³-hybridized carbons (Fsp3) is 0.133. The molecule has 1 aromatic heterocycles.